The molecule has 2 N–H and O–H groups in total. The maximum atomic E-state index is 5.88. The van der Waals surface area contributed by atoms with Crippen molar-refractivity contribution in [2.75, 3.05) is 0 Å². The van der Waals surface area contributed by atoms with Gasteiger partial charge in [0.05, 0.1) is 0 Å². The Morgan fingerprint density at radius 1 is 1.40 bits per heavy atom. The van der Waals surface area contributed by atoms with Crippen molar-refractivity contribution in [1.29, 1.82) is 0 Å². The van der Waals surface area contributed by atoms with Gasteiger partial charge >= 0.3 is 0 Å². The molecule has 0 aliphatic carbocycles. The van der Waals surface area contributed by atoms with Gasteiger partial charge in [0.1, 0.15) is 11.4 Å². The molecule has 0 atom stereocenters. The largest absolute Gasteiger partial charge is 0.488 e. The van der Waals surface area contributed by atoms with Gasteiger partial charge in [-0.05, 0) is 43.9 Å². The second kappa shape index (κ2) is 4.42. The van der Waals surface area contributed by atoms with Crippen LogP contribution >= 0.6 is 12.4 Å². The van der Waals surface area contributed by atoms with Crippen LogP contribution < -0.4 is 10.5 Å². The Labute approximate surface area is 97.2 Å². The van der Waals surface area contributed by atoms with E-state index >= 15 is 0 Å². The van der Waals surface area contributed by atoms with Crippen molar-refractivity contribution in [3.63, 3.8) is 0 Å². The van der Waals surface area contributed by atoms with E-state index in [1.54, 1.807) is 0 Å². The predicted molar refractivity (Wildman–Crippen MR) is 64.6 cm³/mol. The summed E-state index contributed by atoms with van der Waals surface area (Å²) in [5.41, 5.74) is 8.06. The van der Waals surface area contributed by atoms with Gasteiger partial charge in [-0.1, -0.05) is 12.1 Å². The van der Waals surface area contributed by atoms with Crippen molar-refractivity contribution in [1.82, 2.24) is 0 Å². The lowest BCUT2D eigenvalue weighted by Crippen LogP contribution is -2.32. The highest BCUT2D eigenvalue weighted by atomic mass is 35.5. The molecule has 0 fully saturated rings. The summed E-state index contributed by atoms with van der Waals surface area (Å²) < 4.78 is 5.88. The molecule has 0 radical (unpaired) electrons. The van der Waals surface area contributed by atoms with E-state index in [9.17, 15) is 0 Å². The second-order valence-electron chi connectivity index (χ2n) is 4.51. The summed E-state index contributed by atoms with van der Waals surface area (Å²) in [6.07, 6.45) is 2.17. The van der Waals surface area contributed by atoms with Crippen LogP contribution in [0.2, 0.25) is 0 Å². The zero-order valence-corrected chi connectivity index (χ0v) is 10.1. The molecule has 1 aliphatic heterocycles. The third kappa shape index (κ3) is 2.64. The Bertz CT molecular complexity index is 349. The molecule has 1 aliphatic rings. The van der Waals surface area contributed by atoms with Gasteiger partial charge in [-0.3, -0.25) is 0 Å². The van der Waals surface area contributed by atoms with Crippen LogP contribution in [0.1, 0.15) is 31.4 Å². The van der Waals surface area contributed by atoms with E-state index in [4.69, 9.17) is 10.5 Å². The molecule has 3 heteroatoms. The molecule has 1 heterocycles. The Morgan fingerprint density at radius 2 is 2.13 bits per heavy atom. The fourth-order valence-corrected chi connectivity index (χ4v) is 1.84. The molecule has 84 valence electrons. The van der Waals surface area contributed by atoms with Gasteiger partial charge in [-0.2, -0.15) is 0 Å². The maximum Gasteiger partial charge on any atom is 0.123 e. The van der Waals surface area contributed by atoms with E-state index in [-0.39, 0.29) is 18.0 Å². The SMILES string of the molecule is CC1(C)CCc2cc(CN)ccc2O1.Cl. The molecule has 1 aromatic carbocycles. The lowest BCUT2D eigenvalue weighted by molar-refractivity contribution is 0.0846. The normalized spacial score (nSPS) is 17.3. The quantitative estimate of drug-likeness (QED) is 0.801. The number of benzene rings is 1. The third-order valence-electron chi connectivity index (χ3n) is 2.74. The van der Waals surface area contributed by atoms with Crippen molar-refractivity contribution in [3.8, 4) is 5.75 Å². The summed E-state index contributed by atoms with van der Waals surface area (Å²) in [4.78, 5) is 0. The van der Waals surface area contributed by atoms with Gasteiger partial charge in [0.15, 0.2) is 0 Å². The van der Waals surface area contributed by atoms with E-state index in [0.717, 1.165) is 18.6 Å². The first kappa shape index (κ1) is 12.3. The van der Waals surface area contributed by atoms with Crippen LogP contribution in [0, 0.1) is 0 Å². The Hall–Kier alpha value is -0.730. The van der Waals surface area contributed by atoms with Gasteiger partial charge in [0.2, 0.25) is 0 Å². The fourth-order valence-electron chi connectivity index (χ4n) is 1.84. The van der Waals surface area contributed by atoms with Gasteiger partial charge in [0, 0.05) is 6.54 Å². The minimum atomic E-state index is -0.0166. The highest BCUT2D eigenvalue weighted by Crippen LogP contribution is 2.33. The Morgan fingerprint density at radius 3 is 2.80 bits per heavy atom. The molecule has 0 aromatic heterocycles. The van der Waals surface area contributed by atoms with Crippen LogP contribution in [0.25, 0.3) is 0 Å². The predicted octanol–water partition coefficient (Wildman–Crippen LogP) is 2.67. The first-order chi connectivity index (χ1) is 6.61. The zero-order chi connectivity index (χ0) is 10.2. The molecular formula is C12H18ClNO. The van der Waals surface area contributed by atoms with Crippen molar-refractivity contribution >= 4 is 12.4 Å². The third-order valence-corrected chi connectivity index (χ3v) is 2.74. The standard InChI is InChI=1S/C12H17NO.ClH/c1-12(2)6-5-10-7-9(8-13)3-4-11(10)14-12;/h3-4,7H,5-6,8,13H2,1-2H3;1H. The van der Waals surface area contributed by atoms with Crippen molar-refractivity contribution in [2.45, 2.75) is 38.8 Å². The van der Waals surface area contributed by atoms with Crippen LogP contribution in [0.3, 0.4) is 0 Å². The van der Waals surface area contributed by atoms with E-state index in [2.05, 4.69) is 19.9 Å². The molecule has 0 saturated heterocycles. The minimum absolute atomic E-state index is 0. The van der Waals surface area contributed by atoms with Crippen molar-refractivity contribution < 1.29 is 4.74 Å². The molecule has 15 heavy (non-hydrogen) atoms. The van der Waals surface area contributed by atoms with Gasteiger partial charge < -0.3 is 10.5 Å². The number of fused-ring (bicyclic) bond motifs is 1. The van der Waals surface area contributed by atoms with Crippen LogP contribution in [-0.4, -0.2) is 5.60 Å². The number of hydrogen-bond acceptors (Lipinski definition) is 2. The lowest BCUT2D eigenvalue weighted by atomic mass is 9.93. The highest BCUT2D eigenvalue weighted by molar-refractivity contribution is 5.85. The monoisotopic (exact) mass is 227 g/mol. The topological polar surface area (TPSA) is 35.2 Å². The summed E-state index contributed by atoms with van der Waals surface area (Å²) in [6.45, 7) is 4.87. The fraction of sp³-hybridized carbons (Fsp3) is 0.500. The molecule has 0 saturated carbocycles. The first-order valence-corrected chi connectivity index (χ1v) is 5.12. The molecule has 2 nitrogen and oxygen atoms in total. The highest BCUT2D eigenvalue weighted by Gasteiger charge is 2.26. The van der Waals surface area contributed by atoms with E-state index < -0.39 is 0 Å². The summed E-state index contributed by atoms with van der Waals surface area (Å²) in [5.74, 6) is 1.03. The second-order valence-corrected chi connectivity index (χ2v) is 4.51. The summed E-state index contributed by atoms with van der Waals surface area (Å²) in [7, 11) is 0. The van der Waals surface area contributed by atoms with Crippen LogP contribution in [0.5, 0.6) is 5.75 Å². The molecule has 0 bridgehead atoms. The average molecular weight is 228 g/mol. The van der Waals surface area contributed by atoms with Gasteiger partial charge in [0.25, 0.3) is 0 Å². The maximum absolute atomic E-state index is 5.88. The Balaban J connectivity index is 0.00000112. The average Bonchev–Trinajstić information content (AvgIpc) is 2.16. The number of halogens is 1. The summed E-state index contributed by atoms with van der Waals surface area (Å²) in [5, 5.41) is 0. The first-order valence-electron chi connectivity index (χ1n) is 5.12. The zero-order valence-electron chi connectivity index (χ0n) is 9.25. The van der Waals surface area contributed by atoms with Crippen molar-refractivity contribution in [3.05, 3.63) is 29.3 Å². The van der Waals surface area contributed by atoms with Crippen LogP contribution in [0.4, 0.5) is 0 Å². The Kier molecular flexibility index (Phi) is 3.63. The number of ether oxygens (including phenoxy) is 1. The van der Waals surface area contributed by atoms with E-state index in [0.29, 0.717) is 6.54 Å². The van der Waals surface area contributed by atoms with Gasteiger partial charge in [-0.15, -0.1) is 12.4 Å². The molecule has 1 aromatic rings. The minimum Gasteiger partial charge on any atom is -0.488 e. The van der Waals surface area contributed by atoms with Crippen molar-refractivity contribution in [2.24, 2.45) is 5.73 Å². The van der Waals surface area contributed by atoms with E-state index in [1.807, 2.05) is 12.1 Å². The number of rotatable bonds is 1. The smallest absolute Gasteiger partial charge is 0.123 e. The van der Waals surface area contributed by atoms with Gasteiger partial charge in [-0.25, -0.2) is 0 Å². The molecule has 2 rings (SSSR count). The summed E-state index contributed by atoms with van der Waals surface area (Å²) in [6, 6.07) is 6.24. The molecule has 0 unspecified atom stereocenters. The number of aryl methyl sites for hydroxylation is 1. The van der Waals surface area contributed by atoms with E-state index in [1.165, 1.54) is 11.1 Å². The summed E-state index contributed by atoms with van der Waals surface area (Å²) >= 11 is 0. The van der Waals surface area contributed by atoms with Crippen LogP contribution in [-0.2, 0) is 13.0 Å². The molecular weight excluding hydrogens is 210 g/mol. The number of hydrogen-bond donors (Lipinski definition) is 1. The lowest BCUT2D eigenvalue weighted by Gasteiger charge is -2.32. The molecule has 0 amide bonds. The van der Waals surface area contributed by atoms with Crippen LogP contribution in [0.15, 0.2) is 18.2 Å². The number of nitrogens with two attached hydrogens (primary N) is 1. The molecule has 0 spiro atoms.